The highest BCUT2D eigenvalue weighted by Crippen LogP contribution is 2.28. The van der Waals surface area contributed by atoms with Crippen molar-refractivity contribution in [3.8, 4) is 0 Å². The predicted molar refractivity (Wildman–Crippen MR) is 101 cm³/mol. The first-order chi connectivity index (χ1) is 13.4. The van der Waals surface area contributed by atoms with Gasteiger partial charge in [-0.3, -0.25) is 9.59 Å². The number of hydrogen-bond donors (Lipinski definition) is 1. The molecule has 0 bridgehead atoms. The molecule has 150 valence electrons. The first kappa shape index (κ1) is 20.0. The zero-order valence-electron chi connectivity index (χ0n) is 15.3. The Balaban J connectivity index is 1.77. The number of hydrogen-bond acceptors (Lipinski definition) is 3. The van der Waals surface area contributed by atoms with E-state index in [4.69, 9.17) is 0 Å². The SMILES string of the molecule is O=C(Cn1cccc(C(F)(F)F)c1=O)Nc1ccccc1N1CCCCCC1. The van der Waals surface area contributed by atoms with Crippen LogP contribution in [0.15, 0.2) is 47.4 Å². The molecule has 28 heavy (non-hydrogen) atoms. The number of amides is 1. The Morgan fingerprint density at radius 2 is 1.68 bits per heavy atom. The molecular formula is C20H22F3N3O2. The van der Waals surface area contributed by atoms with Crippen LogP contribution in [0.4, 0.5) is 24.5 Å². The number of rotatable bonds is 4. The molecule has 1 N–H and O–H groups in total. The number of nitrogens with zero attached hydrogens (tertiary/aromatic N) is 2. The summed E-state index contributed by atoms with van der Waals surface area (Å²) in [4.78, 5) is 26.6. The summed E-state index contributed by atoms with van der Waals surface area (Å²) in [5.74, 6) is -0.552. The smallest absolute Gasteiger partial charge is 0.370 e. The molecular weight excluding hydrogens is 371 g/mol. The molecule has 8 heteroatoms. The molecule has 5 nitrogen and oxygen atoms in total. The van der Waals surface area contributed by atoms with E-state index in [9.17, 15) is 22.8 Å². The van der Waals surface area contributed by atoms with Crippen LogP contribution >= 0.6 is 0 Å². The second-order valence-electron chi connectivity index (χ2n) is 6.82. The van der Waals surface area contributed by atoms with Crippen LogP contribution < -0.4 is 15.8 Å². The lowest BCUT2D eigenvalue weighted by Crippen LogP contribution is -2.32. The highest BCUT2D eigenvalue weighted by Gasteiger charge is 2.34. The minimum Gasteiger partial charge on any atom is -0.370 e. The number of nitrogens with one attached hydrogen (secondary N) is 1. The minimum absolute atomic E-state index is 0.489. The van der Waals surface area contributed by atoms with Gasteiger partial charge in [0.05, 0.1) is 11.4 Å². The number of alkyl halides is 3. The maximum absolute atomic E-state index is 12.9. The third-order valence-corrected chi connectivity index (χ3v) is 4.76. The molecule has 2 heterocycles. The average Bonchev–Trinajstić information content (AvgIpc) is 2.92. The summed E-state index contributed by atoms with van der Waals surface area (Å²) in [6, 6.07) is 9.17. The van der Waals surface area contributed by atoms with Gasteiger partial charge in [0.15, 0.2) is 0 Å². The second kappa shape index (κ2) is 8.50. The fourth-order valence-corrected chi connectivity index (χ4v) is 3.39. The number of carbonyl (C=O) groups excluding carboxylic acids is 1. The standard InChI is InChI=1S/C20H22F3N3O2/c21-20(22,23)15-8-7-13-26(19(15)28)14-18(27)24-16-9-3-4-10-17(16)25-11-5-1-2-6-12-25/h3-4,7-10,13H,1-2,5-6,11-12,14H2,(H,24,27). The Morgan fingerprint density at radius 3 is 2.36 bits per heavy atom. The molecule has 0 aliphatic carbocycles. The van der Waals surface area contributed by atoms with Gasteiger partial charge in [0, 0.05) is 19.3 Å². The van der Waals surface area contributed by atoms with Gasteiger partial charge >= 0.3 is 6.18 Å². The number of benzene rings is 1. The molecule has 1 aromatic heterocycles. The molecule has 0 atom stereocenters. The number of halogens is 3. The van der Waals surface area contributed by atoms with E-state index in [0.29, 0.717) is 11.8 Å². The molecule has 1 amide bonds. The van der Waals surface area contributed by atoms with E-state index in [1.165, 1.54) is 19.0 Å². The van der Waals surface area contributed by atoms with Gasteiger partial charge in [0.2, 0.25) is 5.91 Å². The summed E-state index contributed by atoms with van der Waals surface area (Å²) in [6.07, 6.45) is 0.907. The average molecular weight is 393 g/mol. The van der Waals surface area contributed by atoms with Gasteiger partial charge in [-0.1, -0.05) is 25.0 Å². The van der Waals surface area contributed by atoms with Crippen molar-refractivity contribution < 1.29 is 18.0 Å². The van der Waals surface area contributed by atoms with Crippen LogP contribution in [0.2, 0.25) is 0 Å². The minimum atomic E-state index is -4.75. The van der Waals surface area contributed by atoms with Crippen molar-refractivity contribution in [2.24, 2.45) is 0 Å². The highest BCUT2D eigenvalue weighted by atomic mass is 19.4. The molecule has 0 spiro atoms. The van der Waals surface area contributed by atoms with E-state index in [1.807, 2.05) is 12.1 Å². The first-order valence-electron chi connectivity index (χ1n) is 9.27. The number of aromatic nitrogens is 1. The lowest BCUT2D eigenvalue weighted by molar-refractivity contribution is -0.139. The van der Waals surface area contributed by atoms with Gasteiger partial charge in [-0.25, -0.2) is 0 Å². The zero-order valence-corrected chi connectivity index (χ0v) is 15.3. The van der Waals surface area contributed by atoms with E-state index in [1.54, 1.807) is 12.1 Å². The van der Waals surface area contributed by atoms with Gasteiger partial charge in [-0.15, -0.1) is 0 Å². The normalized spacial score (nSPS) is 15.2. The largest absolute Gasteiger partial charge is 0.421 e. The highest BCUT2D eigenvalue weighted by molar-refractivity contribution is 5.94. The molecule has 3 rings (SSSR count). The molecule has 2 aromatic rings. The maximum Gasteiger partial charge on any atom is 0.421 e. The number of para-hydroxylation sites is 2. The predicted octanol–water partition coefficient (Wildman–Crippen LogP) is 3.89. The van der Waals surface area contributed by atoms with E-state index in [-0.39, 0.29) is 0 Å². The number of pyridine rings is 1. The van der Waals surface area contributed by atoms with E-state index >= 15 is 0 Å². The maximum atomic E-state index is 12.9. The molecule has 1 aliphatic rings. The van der Waals surface area contributed by atoms with Crippen molar-refractivity contribution in [3.05, 3.63) is 58.5 Å². The molecule has 0 radical (unpaired) electrons. The Hall–Kier alpha value is -2.77. The number of carbonyl (C=O) groups is 1. The Labute approximate surface area is 160 Å². The lowest BCUT2D eigenvalue weighted by Gasteiger charge is -2.25. The second-order valence-corrected chi connectivity index (χ2v) is 6.82. The van der Waals surface area contributed by atoms with Crippen LogP contribution in [-0.2, 0) is 17.5 Å². The van der Waals surface area contributed by atoms with Gasteiger partial charge < -0.3 is 14.8 Å². The summed E-state index contributed by atoms with van der Waals surface area (Å²) < 4.78 is 39.4. The molecule has 1 fully saturated rings. The van der Waals surface area contributed by atoms with Crippen LogP contribution in [0.1, 0.15) is 31.2 Å². The molecule has 0 unspecified atom stereocenters. The fourth-order valence-electron chi connectivity index (χ4n) is 3.39. The van der Waals surface area contributed by atoms with Crippen molar-refractivity contribution in [2.75, 3.05) is 23.3 Å². The molecule has 1 aromatic carbocycles. The Morgan fingerprint density at radius 1 is 1.00 bits per heavy atom. The van der Waals surface area contributed by atoms with Crippen LogP contribution in [0, 0.1) is 0 Å². The summed E-state index contributed by atoms with van der Waals surface area (Å²) in [6.45, 7) is 1.29. The molecule has 1 saturated heterocycles. The third kappa shape index (κ3) is 4.74. The Bertz CT molecular complexity index is 885. The van der Waals surface area contributed by atoms with E-state index < -0.39 is 29.8 Å². The summed E-state index contributed by atoms with van der Waals surface area (Å²) >= 11 is 0. The summed E-state index contributed by atoms with van der Waals surface area (Å²) in [5, 5.41) is 2.74. The van der Waals surface area contributed by atoms with Crippen molar-refractivity contribution in [1.82, 2.24) is 4.57 Å². The van der Waals surface area contributed by atoms with Crippen molar-refractivity contribution in [2.45, 2.75) is 38.4 Å². The topological polar surface area (TPSA) is 54.3 Å². The van der Waals surface area contributed by atoms with E-state index in [2.05, 4.69) is 10.2 Å². The van der Waals surface area contributed by atoms with E-state index in [0.717, 1.165) is 42.3 Å². The zero-order chi connectivity index (χ0) is 20.1. The first-order valence-corrected chi connectivity index (χ1v) is 9.27. The van der Waals surface area contributed by atoms with Crippen LogP contribution in [-0.4, -0.2) is 23.6 Å². The third-order valence-electron chi connectivity index (χ3n) is 4.76. The van der Waals surface area contributed by atoms with Crippen LogP contribution in [0.5, 0.6) is 0 Å². The van der Waals surface area contributed by atoms with Gasteiger partial charge in [-0.2, -0.15) is 13.2 Å². The summed E-state index contributed by atoms with van der Waals surface area (Å²) in [5.41, 5.74) is -1.04. The van der Waals surface area contributed by atoms with Gasteiger partial charge in [0.1, 0.15) is 12.1 Å². The fraction of sp³-hybridized carbons (Fsp3) is 0.400. The monoisotopic (exact) mass is 393 g/mol. The molecule has 1 aliphatic heterocycles. The van der Waals surface area contributed by atoms with Gasteiger partial charge in [0.25, 0.3) is 5.56 Å². The number of anilines is 2. The van der Waals surface area contributed by atoms with Crippen molar-refractivity contribution in [3.63, 3.8) is 0 Å². The Kier molecular flexibility index (Phi) is 6.06. The van der Waals surface area contributed by atoms with Crippen molar-refractivity contribution >= 4 is 17.3 Å². The molecule has 0 saturated carbocycles. The van der Waals surface area contributed by atoms with Crippen LogP contribution in [0.25, 0.3) is 0 Å². The van der Waals surface area contributed by atoms with Crippen LogP contribution in [0.3, 0.4) is 0 Å². The quantitative estimate of drug-likeness (QED) is 0.858. The summed E-state index contributed by atoms with van der Waals surface area (Å²) in [7, 11) is 0. The van der Waals surface area contributed by atoms with Gasteiger partial charge in [-0.05, 0) is 37.1 Å². The lowest BCUT2D eigenvalue weighted by atomic mass is 10.2. The van der Waals surface area contributed by atoms with Crippen molar-refractivity contribution in [1.29, 1.82) is 0 Å².